The Kier molecular flexibility index (Phi) is 1.68. The van der Waals surface area contributed by atoms with Gasteiger partial charge in [-0.15, -0.1) is 0 Å². The summed E-state index contributed by atoms with van der Waals surface area (Å²) in [7, 11) is 0. The molecular formula is C10H12N2O3. The molecule has 5 heteroatoms. The van der Waals surface area contributed by atoms with E-state index in [0.29, 0.717) is 11.9 Å². The van der Waals surface area contributed by atoms with Crippen LogP contribution < -0.4 is 10.6 Å². The van der Waals surface area contributed by atoms with Gasteiger partial charge in [0.2, 0.25) is 11.6 Å². The topological polar surface area (TPSA) is 74.5 Å². The third-order valence-electron chi connectivity index (χ3n) is 2.96. The number of anilines is 2. The van der Waals surface area contributed by atoms with Gasteiger partial charge in [-0.3, -0.25) is 0 Å². The van der Waals surface area contributed by atoms with E-state index in [1.165, 1.54) is 12.8 Å². The minimum atomic E-state index is -1.03. The second kappa shape index (κ2) is 2.92. The normalized spacial score (nSPS) is 23.9. The van der Waals surface area contributed by atoms with E-state index in [1.54, 1.807) is 6.07 Å². The number of hydrogen-bond donors (Lipinski definition) is 3. The van der Waals surface area contributed by atoms with Gasteiger partial charge in [0.25, 0.3) is 0 Å². The largest absolute Gasteiger partial charge is 0.475 e. The van der Waals surface area contributed by atoms with E-state index in [0.717, 1.165) is 18.2 Å². The van der Waals surface area contributed by atoms with Gasteiger partial charge in [-0.05, 0) is 18.8 Å². The zero-order chi connectivity index (χ0) is 10.4. The quantitative estimate of drug-likeness (QED) is 0.688. The summed E-state index contributed by atoms with van der Waals surface area (Å²) in [5.41, 5.74) is 0.774. The Morgan fingerprint density at radius 3 is 3.00 bits per heavy atom. The summed E-state index contributed by atoms with van der Waals surface area (Å²) >= 11 is 0. The molecule has 0 amide bonds. The van der Waals surface area contributed by atoms with Crippen LogP contribution >= 0.6 is 0 Å². The monoisotopic (exact) mass is 208 g/mol. The molecule has 5 nitrogen and oxygen atoms in total. The van der Waals surface area contributed by atoms with E-state index >= 15 is 0 Å². The highest BCUT2D eigenvalue weighted by Gasteiger charge is 2.34. The molecule has 1 aromatic rings. The first-order valence-electron chi connectivity index (χ1n) is 5.11. The molecule has 0 radical (unpaired) electrons. The summed E-state index contributed by atoms with van der Waals surface area (Å²) in [6, 6.07) is 1.95. The molecular weight excluding hydrogens is 196 g/mol. The lowest BCUT2D eigenvalue weighted by atomic mass is 10.1. The van der Waals surface area contributed by atoms with Crippen LogP contribution in [0.5, 0.6) is 0 Å². The minimum absolute atomic E-state index is 0.0172. The second-order valence-corrected chi connectivity index (χ2v) is 4.13. The molecule has 1 saturated carbocycles. The lowest BCUT2D eigenvalue weighted by molar-refractivity contribution is 0.0663. The van der Waals surface area contributed by atoms with Gasteiger partial charge < -0.3 is 20.2 Å². The van der Waals surface area contributed by atoms with Crippen LogP contribution in [0.2, 0.25) is 0 Å². The number of carbonyl (C=O) groups is 1. The second-order valence-electron chi connectivity index (χ2n) is 4.13. The predicted octanol–water partition coefficient (Wildman–Crippen LogP) is 1.59. The molecule has 1 fully saturated rings. The average Bonchev–Trinajstić information content (AvgIpc) is 2.96. The first-order chi connectivity index (χ1) is 7.24. The Hall–Kier alpha value is -1.65. The van der Waals surface area contributed by atoms with E-state index in [-0.39, 0.29) is 5.76 Å². The molecule has 1 unspecified atom stereocenters. The van der Waals surface area contributed by atoms with Crippen molar-refractivity contribution < 1.29 is 14.3 Å². The molecule has 3 rings (SSSR count). The van der Waals surface area contributed by atoms with Crippen molar-refractivity contribution in [1.82, 2.24) is 0 Å². The molecule has 1 aliphatic carbocycles. The number of nitrogens with one attached hydrogen (secondary N) is 2. The Morgan fingerprint density at radius 2 is 2.33 bits per heavy atom. The number of aromatic carboxylic acids is 1. The van der Waals surface area contributed by atoms with Gasteiger partial charge in [0, 0.05) is 18.7 Å². The lowest BCUT2D eigenvalue weighted by Gasteiger charge is -2.24. The first kappa shape index (κ1) is 8.64. The highest BCUT2D eigenvalue weighted by molar-refractivity contribution is 5.88. The molecule has 0 spiro atoms. The van der Waals surface area contributed by atoms with Gasteiger partial charge in [-0.1, -0.05) is 0 Å². The fourth-order valence-electron chi connectivity index (χ4n) is 1.97. The molecule has 0 aromatic carbocycles. The maximum Gasteiger partial charge on any atom is 0.371 e. The van der Waals surface area contributed by atoms with Crippen LogP contribution in [-0.4, -0.2) is 23.7 Å². The number of furan rings is 1. The maximum atomic E-state index is 10.7. The van der Waals surface area contributed by atoms with Crippen LogP contribution in [-0.2, 0) is 0 Å². The predicted molar refractivity (Wildman–Crippen MR) is 54.3 cm³/mol. The van der Waals surface area contributed by atoms with E-state index in [4.69, 9.17) is 9.52 Å². The van der Waals surface area contributed by atoms with Crippen molar-refractivity contribution in [2.45, 2.75) is 18.9 Å². The lowest BCUT2D eigenvalue weighted by Crippen LogP contribution is -2.33. The molecule has 1 aromatic heterocycles. The van der Waals surface area contributed by atoms with Crippen molar-refractivity contribution >= 4 is 17.5 Å². The Balaban J connectivity index is 1.85. The summed E-state index contributed by atoms with van der Waals surface area (Å²) in [5, 5.41) is 15.2. The summed E-state index contributed by atoms with van der Waals surface area (Å²) in [6.45, 7) is 0.810. The van der Waals surface area contributed by atoms with Crippen molar-refractivity contribution in [3.05, 3.63) is 11.8 Å². The van der Waals surface area contributed by atoms with Crippen LogP contribution in [0.15, 0.2) is 10.5 Å². The summed E-state index contributed by atoms with van der Waals surface area (Å²) < 4.78 is 5.14. The summed E-state index contributed by atoms with van der Waals surface area (Å²) in [4.78, 5) is 10.7. The average molecular weight is 208 g/mol. The standard InChI is InChI=1S/C10H12N2O3/c13-10(14)8-3-6-9(15-8)11-4-7(12-6)5-1-2-5/h3,5,7,11-12H,1-2,4H2,(H,13,14). The number of hydrogen-bond acceptors (Lipinski definition) is 4. The van der Waals surface area contributed by atoms with E-state index in [9.17, 15) is 4.79 Å². The first-order valence-corrected chi connectivity index (χ1v) is 5.11. The number of carboxylic acids is 1. The van der Waals surface area contributed by atoms with Gasteiger partial charge >= 0.3 is 5.97 Å². The smallest absolute Gasteiger partial charge is 0.371 e. The molecule has 0 saturated heterocycles. The van der Waals surface area contributed by atoms with Crippen LogP contribution in [0.3, 0.4) is 0 Å². The number of rotatable bonds is 2. The molecule has 2 heterocycles. The summed E-state index contributed by atoms with van der Waals surface area (Å²) in [5.74, 6) is 0.227. The third-order valence-corrected chi connectivity index (χ3v) is 2.96. The molecule has 3 N–H and O–H groups in total. The highest BCUT2D eigenvalue weighted by atomic mass is 16.4. The Labute approximate surface area is 86.5 Å². The van der Waals surface area contributed by atoms with Gasteiger partial charge in [0.15, 0.2) is 0 Å². The van der Waals surface area contributed by atoms with E-state index in [2.05, 4.69) is 10.6 Å². The molecule has 0 bridgehead atoms. The zero-order valence-corrected chi connectivity index (χ0v) is 8.12. The molecule has 15 heavy (non-hydrogen) atoms. The molecule has 80 valence electrons. The van der Waals surface area contributed by atoms with E-state index in [1.807, 2.05) is 0 Å². The van der Waals surface area contributed by atoms with Crippen molar-refractivity contribution in [3.8, 4) is 0 Å². The fraction of sp³-hybridized carbons (Fsp3) is 0.500. The number of fused-ring (bicyclic) bond motifs is 1. The molecule has 2 aliphatic rings. The Morgan fingerprint density at radius 1 is 1.53 bits per heavy atom. The summed E-state index contributed by atoms with van der Waals surface area (Å²) in [6.07, 6.45) is 2.52. The molecule has 1 atom stereocenters. The van der Waals surface area contributed by atoms with Crippen molar-refractivity contribution in [1.29, 1.82) is 0 Å². The maximum absolute atomic E-state index is 10.7. The van der Waals surface area contributed by atoms with Crippen molar-refractivity contribution in [2.24, 2.45) is 5.92 Å². The van der Waals surface area contributed by atoms with Gasteiger partial charge in [0.05, 0.1) is 5.69 Å². The molecule has 1 aliphatic heterocycles. The van der Waals surface area contributed by atoms with Crippen LogP contribution in [0, 0.1) is 5.92 Å². The minimum Gasteiger partial charge on any atom is -0.475 e. The van der Waals surface area contributed by atoms with Crippen LogP contribution in [0.1, 0.15) is 23.4 Å². The zero-order valence-electron chi connectivity index (χ0n) is 8.12. The highest BCUT2D eigenvalue weighted by Crippen LogP contribution is 2.39. The van der Waals surface area contributed by atoms with Crippen molar-refractivity contribution in [2.75, 3.05) is 17.2 Å². The van der Waals surface area contributed by atoms with Crippen LogP contribution in [0.4, 0.5) is 11.6 Å². The fourth-order valence-corrected chi connectivity index (χ4v) is 1.97. The van der Waals surface area contributed by atoms with Gasteiger partial charge in [-0.25, -0.2) is 4.79 Å². The SMILES string of the molecule is O=C(O)c1cc2c(o1)NCC(C1CC1)N2. The number of carboxylic acid groups (broad SMARTS) is 1. The third kappa shape index (κ3) is 1.44. The van der Waals surface area contributed by atoms with E-state index < -0.39 is 5.97 Å². The van der Waals surface area contributed by atoms with Crippen LogP contribution in [0.25, 0.3) is 0 Å². The van der Waals surface area contributed by atoms with Crippen molar-refractivity contribution in [3.63, 3.8) is 0 Å². The van der Waals surface area contributed by atoms with Gasteiger partial charge in [-0.2, -0.15) is 0 Å². The van der Waals surface area contributed by atoms with Gasteiger partial charge in [0.1, 0.15) is 0 Å². The Bertz CT molecular complexity index is 409.